The zero-order chi connectivity index (χ0) is 12.4. The first-order valence-electron chi connectivity index (χ1n) is 6.74. The van der Waals surface area contributed by atoms with Gasteiger partial charge in [0.15, 0.2) is 0 Å². The van der Waals surface area contributed by atoms with Gasteiger partial charge >= 0.3 is 0 Å². The van der Waals surface area contributed by atoms with Gasteiger partial charge in [-0.15, -0.1) is 11.6 Å². The molecule has 17 heavy (non-hydrogen) atoms. The summed E-state index contributed by atoms with van der Waals surface area (Å²) in [4.78, 5) is 0. The van der Waals surface area contributed by atoms with Crippen LogP contribution in [0.4, 0.5) is 0 Å². The highest BCUT2D eigenvalue weighted by Gasteiger charge is 2.27. The van der Waals surface area contributed by atoms with Gasteiger partial charge in [-0.25, -0.2) is 0 Å². The fourth-order valence-corrected chi connectivity index (χ4v) is 3.03. The summed E-state index contributed by atoms with van der Waals surface area (Å²) in [5.41, 5.74) is 1.20. The minimum Gasteiger partial charge on any atom is -0.270 e. The Morgan fingerprint density at radius 2 is 2.24 bits per heavy atom. The van der Waals surface area contributed by atoms with Gasteiger partial charge in [-0.3, -0.25) is 4.68 Å². The third kappa shape index (κ3) is 3.25. The summed E-state index contributed by atoms with van der Waals surface area (Å²) in [6.07, 6.45) is 6.82. The molecular weight excluding hydrogens is 232 g/mol. The van der Waals surface area contributed by atoms with Crippen LogP contribution in [0.25, 0.3) is 0 Å². The van der Waals surface area contributed by atoms with Gasteiger partial charge in [0.1, 0.15) is 0 Å². The first kappa shape index (κ1) is 12.9. The summed E-state index contributed by atoms with van der Waals surface area (Å²) in [6, 6.07) is 2.59. The molecule has 1 aromatic heterocycles. The summed E-state index contributed by atoms with van der Waals surface area (Å²) < 4.78 is 2.03. The van der Waals surface area contributed by atoms with Crippen molar-refractivity contribution in [2.75, 3.05) is 0 Å². The lowest BCUT2D eigenvalue weighted by Crippen LogP contribution is -2.26. The molecule has 0 spiro atoms. The molecule has 0 bridgehead atoms. The van der Waals surface area contributed by atoms with E-state index in [0.717, 1.165) is 18.8 Å². The lowest BCUT2D eigenvalue weighted by Gasteiger charge is -2.30. The maximum absolute atomic E-state index is 6.43. The Hall–Kier alpha value is -0.500. The zero-order valence-corrected chi connectivity index (χ0v) is 11.8. The SMILES string of the molecule is CC1CCC(Cl)C(Cc2ccn(C(C)C)n2)C1. The molecule has 0 aliphatic heterocycles. The Kier molecular flexibility index (Phi) is 4.13. The molecule has 0 amide bonds. The number of hydrogen-bond donors (Lipinski definition) is 0. The van der Waals surface area contributed by atoms with E-state index < -0.39 is 0 Å². The zero-order valence-electron chi connectivity index (χ0n) is 11.1. The normalized spacial score (nSPS) is 29.8. The average molecular weight is 255 g/mol. The van der Waals surface area contributed by atoms with Crippen LogP contribution >= 0.6 is 11.6 Å². The van der Waals surface area contributed by atoms with Crippen molar-refractivity contribution in [3.8, 4) is 0 Å². The lowest BCUT2D eigenvalue weighted by atomic mass is 9.80. The van der Waals surface area contributed by atoms with E-state index in [1.165, 1.54) is 18.5 Å². The van der Waals surface area contributed by atoms with Gasteiger partial charge in [0, 0.05) is 17.6 Å². The Balaban J connectivity index is 1.98. The third-order valence-electron chi connectivity index (χ3n) is 3.82. The molecule has 1 heterocycles. The van der Waals surface area contributed by atoms with E-state index in [9.17, 15) is 0 Å². The molecule has 1 aromatic rings. The molecule has 96 valence electrons. The van der Waals surface area contributed by atoms with Gasteiger partial charge in [0.05, 0.1) is 5.69 Å². The van der Waals surface area contributed by atoms with Gasteiger partial charge in [0.2, 0.25) is 0 Å². The number of halogens is 1. The number of hydrogen-bond acceptors (Lipinski definition) is 1. The lowest BCUT2D eigenvalue weighted by molar-refractivity contribution is 0.285. The smallest absolute Gasteiger partial charge is 0.0628 e. The minimum atomic E-state index is 0.343. The van der Waals surface area contributed by atoms with E-state index in [4.69, 9.17) is 11.6 Å². The van der Waals surface area contributed by atoms with Gasteiger partial charge in [0.25, 0.3) is 0 Å². The van der Waals surface area contributed by atoms with Crippen LogP contribution in [0.5, 0.6) is 0 Å². The molecule has 3 heteroatoms. The van der Waals surface area contributed by atoms with Crippen LogP contribution in [0.3, 0.4) is 0 Å². The van der Waals surface area contributed by atoms with Crippen molar-refractivity contribution >= 4 is 11.6 Å². The second-order valence-corrected chi connectivity index (χ2v) is 6.34. The van der Waals surface area contributed by atoms with Crippen molar-refractivity contribution in [3.63, 3.8) is 0 Å². The van der Waals surface area contributed by atoms with E-state index in [-0.39, 0.29) is 0 Å². The van der Waals surface area contributed by atoms with Crippen LogP contribution in [0, 0.1) is 11.8 Å². The largest absolute Gasteiger partial charge is 0.270 e. The van der Waals surface area contributed by atoms with Crippen molar-refractivity contribution in [2.45, 2.75) is 57.9 Å². The van der Waals surface area contributed by atoms with E-state index in [1.54, 1.807) is 0 Å². The molecule has 1 fully saturated rings. The van der Waals surface area contributed by atoms with Crippen molar-refractivity contribution in [3.05, 3.63) is 18.0 Å². The highest BCUT2D eigenvalue weighted by atomic mass is 35.5. The molecule has 3 unspecified atom stereocenters. The van der Waals surface area contributed by atoms with Crippen LogP contribution in [-0.4, -0.2) is 15.2 Å². The van der Waals surface area contributed by atoms with Crippen LogP contribution in [0.15, 0.2) is 12.3 Å². The van der Waals surface area contributed by atoms with E-state index in [0.29, 0.717) is 17.3 Å². The molecule has 1 aliphatic rings. The Morgan fingerprint density at radius 1 is 1.47 bits per heavy atom. The standard InChI is InChI=1S/C14H23ClN2/c1-10(2)17-7-6-13(16-17)9-12-8-11(3)4-5-14(12)15/h6-7,10-12,14H,4-5,8-9H2,1-3H3. The molecule has 1 saturated carbocycles. The summed E-state index contributed by atoms with van der Waals surface area (Å²) >= 11 is 6.43. The number of nitrogens with zero attached hydrogens (tertiary/aromatic N) is 2. The van der Waals surface area contributed by atoms with Gasteiger partial charge in [-0.2, -0.15) is 5.10 Å². The van der Waals surface area contributed by atoms with Gasteiger partial charge in [-0.1, -0.05) is 6.92 Å². The fourth-order valence-electron chi connectivity index (χ4n) is 2.72. The number of alkyl halides is 1. The quantitative estimate of drug-likeness (QED) is 0.744. The van der Waals surface area contributed by atoms with Crippen molar-refractivity contribution in [2.24, 2.45) is 11.8 Å². The highest BCUT2D eigenvalue weighted by molar-refractivity contribution is 6.20. The first-order valence-corrected chi connectivity index (χ1v) is 7.18. The number of aromatic nitrogens is 2. The molecule has 0 radical (unpaired) electrons. The Labute approximate surface area is 109 Å². The predicted molar refractivity (Wildman–Crippen MR) is 72.5 cm³/mol. The molecule has 2 rings (SSSR count). The minimum absolute atomic E-state index is 0.343. The summed E-state index contributed by atoms with van der Waals surface area (Å²) in [7, 11) is 0. The first-order chi connectivity index (χ1) is 8.06. The van der Waals surface area contributed by atoms with Crippen molar-refractivity contribution in [1.29, 1.82) is 0 Å². The second-order valence-electron chi connectivity index (χ2n) is 5.78. The summed E-state index contributed by atoms with van der Waals surface area (Å²) in [5.74, 6) is 1.43. The third-order valence-corrected chi connectivity index (χ3v) is 4.39. The van der Waals surface area contributed by atoms with Gasteiger partial charge < -0.3 is 0 Å². The van der Waals surface area contributed by atoms with Crippen molar-refractivity contribution in [1.82, 2.24) is 9.78 Å². The Morgan fingerprint density at radius 3 is 2.88 bits per heavy atom. The summed E-state index contributed by atoms with van der Waals surface area (Å²) in [5, 5.41) is 4.96. The molecule has 0 saturated heterocycles. The Bertz CT molecular complexity index is 359. The van der Waals surface area contributed by atoms with Crippen LogP contribution < -0.4 is 0 Å². The molecule has 3 atom stereocenters. The molecule has 1 aliphatic carbocycles. The summed E-state index contributed by atoms with van der Waals surface area (Å²) in [6.45, 7) is 6.65. The second kappa shape index (κ2) is 5.43. The molecule has 0 aromatic carbocycles. The van der Waals surface area contributed by atoms with Gasteiger partial charge in [-0.05, 0) is 57.4 Å². The average Bonchev–Trinajstić information content (AvgIpc) is 2.72. The van der Waals surface area contributed by atoms with E-state index in [1.807, 2.05) is 4.68 Å². The van der Waals surface area contributed by atoms with Crippen molar-refractivity contribution < 1.29 is 0 Å². The van der Waals surface area contributed by atoms with Crippen LogP contribution in [0.1, 0.15) is 51.8 Å². The van der Waals surface area contributed by atoms with E-state index in [2.05, 4.69) is 38.1 Å². The monoisotopic (exact) mass is 254 g/mol. The predicted octanol–water partition coefficient (Wildman–Crippen LogP) is 4.05. The highest BCUT2D eigenvalue weighted by Crippen LogP contribution is 2.34. The maximum atomic E-state index is 6.43. The van der Waals surface area contributed by atoms with E-state index >= 15 is 0 Å². The fraction of sp³-hybridized carbons (Fsp3) is 0.786. The number of rotatable bonds is 3. The van der Waals surface area contributed by atoms with Crippen LogP contribution in [0.2, 0.25) is 0 Å². The topological polar surface area (TPSA) is 17.8 Å². The molecule has 0 N–H and O–H groups in total. The molecular formula is C14H23ClN2. The maximum Gasteiger partial charge on any atom is 0.0628 e. The molecule has 2 nitrogen and oxygen atoms in total. The van der Waals surface area contributed by atoms with Crippen LogP contribution in [-0.2, 0) is 6.42 Å².